The van der Waals surface area contributed by atoms with Gasteiger partial charge in [-0.05, 0) is 24.5 Å². The average molecular weight is 327 g/mol. The van der Waals surface area contributed by atoms with Crippen LogP contribution in [0.5, 0.6) is 5.75 Å². The van der Waals surface area contributed by atoms with Gasteiger partial charge in [-0.3, -0.25) is 14.9 Å². The molecular formula is C17H17N3O4. The zero-order chi connectivity index (χ0) is 17.2. The second kappa shape index (κ2) is 9.04. The van der Waals surface area contributed by atoms with E-state index in [0.717, 1.165) is 6.42 Å². The van der Waals surface area contributed by atoms with Gasteiger partial charge in [-0.2, -0.15) is 5.10 Å². The fourth-order valence-electron chi connectivity index (χ4n) is 1.96. The number of nitro groups is 1. The maximum atomic E-state index is 11.6. The SMILES string of the molecule is O=C(COc1ccccc1[N+](=O)[O-])N/N=C\CCc1ccccc1. The van der Waals surface area contributed by atoms with Gasteiger partial charge in [0.2, 0.25) is 0 Å². The van der Waals surface area contributed by atoms with Gasteiger partial charge in [0.05, 0.1) is 4.92 Å². The lowest BCUT2D eigenvalue weighted by molar-refractivity contribution is -0.385. The standard InChI is InChI=1S/C17H17N3O4/c21-17(13-24-16-11-5-4-10-15(16)20(22)23)19-18-12-6-9-14-7-2-1-3-8-14/h1-5,7-8,10-12H,6,9,13H2,(H,19,21)/b18-12-. The number of hydrazone groups is 1. The van der Waals surface area contributed by atoms with Gasteiger partial charge >= 0.3 is 5.69 Å². The fraction of sp³-hybridized carbons (Fsp3) is 0.176. The van der Waals surface area contributed by atoms with Crippen molar-refractivity contribution >= 4 is 17.8 Å². The lowest BCUT2D eigenvalue weighted by Gasteiger charge is -2.05. The average Bonchev–Trinajstić information content (AvgIpc) is 2.60. The summed E-state index contributed by atoms with van der Waals surface area (Å²) in [5.41, 5.74) is 3.33. The van der Waals surface area contributed by atoms with Crippen LogP contribution in [0.1, 0.15) is 12.0 Å². The first kappa shape index (κ1) is 17.1. The highest BCUT2D eigenvalue weighted by molar-refractivity contribution is 5.78. The number of ether oxygens (including phenoxy) is 1. The number of rotatable bonds is 8. The third kappa shape index (κ3) is 5.53. The molecule has 0 heterocycles. The van der Waals surface area contributed by atoms with Crippen molar-refractivity contribution in [3.05, 3.63) is 70.3 Å². The first-order valence-electron chi connectivity index (χ1n) is 7.37. The van der Waals surface area contributed by atoms with Crippen LogP contribution in [-0.2, 0) is 11.2 Å². The summed E-state index contributed by atoms with van der Waals surface area (Å²) in [5.74, 6) is -0.435. The van der Waals surface area contributed by atoms with Crippen LogP contribution < -0.4 is 10.2 Å². The lowest BCUT2D eigenvalue weighted by Crippen LogP contribution is -2.24. The Balaban J connectivity index is 1.72. The summed E-state index contributed by atoms with van der Waals surface area (Å²) in [7, 11) is 0. The molecule has 0 aromatic heterocycles. The summed E-state index contributed by atoms with van der Waals surface area (Å²) in [6, 6.07) is 15.8. The summed E-state index contributed by atoms with van der Waals surface area (Å²) in [5, 5.41) is 14.6. The van der Waals surface area contributed by atoms with Crippen LogP contribution in [0.15, 0.2) is 59.7 Å². The van der Waals surface area contributed by atoms with E-state index in [2.05, 4.69) is 10.5 Å². The number of para-hydroxylation sites is 2. The smallest absolute Gasteiger partial charge is 0.310 e. The van der Waals surface area contributed by atoms with Crippen molar-refractivity contribution in [1.29, 1.82) is 0 Å². The second-order valence-electron chi connectivity index (χ2n) is 4.88. The number of amides is 1. The Labute approximate surface area is 139 Å². The summed E-state index contributed by atoms with van der Waals surface area (Å²) < 4.78 is 5.16. The zero-order valence-electron chi connectivity index (χ0n) is 12.9. The third-order valence-electron chi connectivity index (χ3n) is 3.11. The fourth-order valence-corrected chi connectivity index (χ4v) is 1.96. The molecular weight excluding hydrogens is 310 g/mol. The number of nitrogens with zero attached hydrogens (tertiary/aromatic N) is 2. The molecule has 0 atom stereocenters. The number of nitrogens with one attached hydrogen (secondary N) is 1. The molecule has 2 aromatic carbocycles. The Morgan fingerprint density at radius 2 is 1.88 bits per heavy atom. The van der Waals surface area contributed by atoms with E-state index in [-0.39, 0.29) is 18.0 Å². The van der Waals surface area contributed by atoms with Crippen LogP contribution in [0.4, 0.5) is 5.69 Å². The highest BCUT2D eigenvalue weighted by Crippen LogP contribution is 2.25. The van der Waals surface area contributed by atoms with Gasteiger partial charge in [0.1, 0.15) is 0 Å². The van der Waals surface area contributed by atoms with E-state index in [4.69, 9.17) is 4.74 Å². The van der Waals surface area contributed by atoms with Crippen LogP contribution >= 0.6 is 0 Å². The molecule has 7 nitrogen and oxygen atoms in total. The summed E-state index contributed by atoms with van der Waals surface area (Å²) >= 11 is 0. The van der Waals surface area contributed by atoms with Gasteiger partial charge in [0, 0.05) is 12.3 Å². The van der Waals surface area contributed by atoms with Gasteiger partial charge in [0.15, 0.2) is 12.4 Å². The Hall–Kier alpha value is -3.22. The molecule has 1 amide bonds. The first-order chi connectivity index (χ1) is 11.7. The van der Waals surface area contributed by atoms with Crippen LogP contribution in [-0.4, -0.2) is 23.7 Å². The molecule has 0 fully saturated rings. The summed E-state index contributed by atoms with van der Waals surface area (Å²) in [6.45, 7) is -0.346. The third-order valence-corrected chi connectivity index (χ3v) is 3.11. The molecule has 1 N–H and O–H groups in total. The minimum atomic E-state index is -0.561. The Morgan fingerprint density at radius 1 is 1.17 bits per heavy atom. The highest BCUT2D eigenvalue weighted by atomic mass is 16.6. The molecule has 124 valence electrons. The molecule has 0 saturated carbocycles. The van der Waals surface area contributed by atoms with Gasteiger partial charge in [-0.1, -0.05) is 42.5 Å². The quantitative estimate of drug-likeness (QED) is 0.458. The molecule has 24 heavy (non-hydrogen) atoms. The van der Waals surface area contributed by atoms with Gasteiger partial charge in [-0.15, -0.1) is 0 Å². The molecule has 0 aliphatic rings. The van der Waals surface area contributed by atoms with Gasteiger partial charge in [-0.25, -0.2) is 5.43 Å². The van der Waals surface area contributed by atoms with E-state index in [9.17, 15) is 14.9 Å². The molecule has 2 rings (SSSR count). The van der Waals surface area contributed by atoms with Crippen molar-refractivity contribution in [2.45, 2.75) is 12.8 Å². The Kier molecular flexibility index (Phi) is 6.46. The van der Waals surface area contributed by atoms with Crippen LogP contribution in [0.3, 0.4) is 0 Å². The van der Waals surface area contributed by atoms with Crippen molar-refractivity contribution < 1.29 is 14.5 Å². The van der Waals surface area contributed by atoms with Crippen molar-refractivity contribution in [3.63, 3.8) is 0 Å². The van der Waals surface area contributed by atoms with Crippen molar-refractivity contribution in [2.24, 2.45) is 5.10 Å². The zero-order valence-corrected chi connectivity index (χ0v) is 12.9. The van der Waals surface area contributed by atoms with Gasteiger partial charge in [0.25, 0.3) is 5.91 Å². The predicted molar refractivity (Wildman–Crippen MR) is 90.0 cm³/mol. The van der Waals surface area contributed by atoms with Crippen LogP contribution in [0, 0.1) is 10.1 Å². The first-order valence-corrected chi connectivity index (χ1v) is 7.37. The largest absolute Gasteiger partial charge is 0.477 e. The molecule has 0 radical (unpaired) electrons. The van der Waals surface area contributed by atoms with Crippen LogP contribution in [0.2, 0.25) is 0 Å². The number of carbonyl (C=O) groups excluding carboxylic acids is 1. The predicted octanol–water partition coefficient (Wildman–Crippen LogP) is 2.71. The molecule has 0 bridgehead atoms. The molecule has 0 aliphatic carbocycles. The summed E-state index contributed by atoms with van der Waals surface area (Å²) in [4.78, 5) is 21.9. The molecule has 7 heteroatoms. The maximum absolute atomic E-state index is 11.6. The number of benzene rings is 2. The van der Waals surface area contributed by atoms with E-state index >= 15 is 0 Å². The minimum absolute atomic E-state index is 0.0470. The van der Waals surface area contributed by atoms with Crippen LogP contribution in [0.25, 0.3) is 0 Å². The van der Waals surface area contributed by atoms with E-state index in [1.807, 2.05) is 30.3 Å². The molecule has 2 aromatic rings. The molecule has 0 aliphatic heterocycles. The summed E-state index contributed by atoms with van der Waals surface area (Å²) in [6.07, 6.45) is 3.12. The second-order valence-corrected chi connectivity index (χ2v) is 4.88. The van der Waals surface area contributed by atoms with Crippen molar-refractivity contribution in [2.75, 3.05) is 6.61 Å². The number of nitro benzene ring substituents is 1. The van der Waals surface area contributed by atoms with E-state index in [1.54, 1.807) is 12.3 Å². The maximum Gasteiger partial charge on any atom is 0.310 e. The molecule has 0 spiro atoms. The van der Waals surface area contributed by atoms with Crippen molar-refractivity contribution in [1.82, 2.24) is 5.43 Å². The number of aryl methyl sites for hydroxylation is 1. The highest BCUT2D eigenvalue weighted by Gasteiger charge is 2.14. The molecule has 0 unspecified atom stereocenters. The lowest BCUT2D eigenvalue weighted by atomic mass is 10.1. The van der Waals surface area contributed by atoms with E-state index in [1.165, 1.54) is 23.8 Å². The minimum Gasteiger partial charge on any atom is -0.477 e. The Bertz CT molecular complexity index is 717. The Morgan fingerprint density at radius 3 is 2.62 bits per heavy atom. The topological polar surface area (TPSA) is 93.8 Å². The number of carbonyl (C=O) groups is 1. The van der Waals surface area contributed by atoms with Crippen molar-refractivity contribution in [3.8, 4) is 5.75 Å². The number of hydrogen-bond acceptors (Lipinski definition) is 5. The van der Waals surface area contributed by atoms with E-state index < -0.39 is 10.8 Å². The normalized spacial score (nSPS) is 10.5. The monoisotopic (exact) mass is 327 g/mol. The number of hydrogen-bond donors (Lipinski definition) is 1. The molecule has 0 saturated heterocycles. The van der Waals surface area contributed by atoms with E-state index in [0.29, 0.717) is 6.42 Å². The van der Waals surface area contributed by atoms with Gasteiger partial charge < -0.3 is 4.74 Å².